The molecule has 0 radical (unpaired) electrons. The third-order valence-electron chi connectivity index (χ3n) is 0.755. The molecule has 0 fully saturated rings. The lowest BCUT2D eigenvalue weighted by molar-refractivity contribution is 0.201. The normalized spacial score (nSPS) is 19.2. The molecule has 9 heavy (non-hydrogen) atoms. The van der Waals surface area contributed by atoms with E-state index < -0.39 is 18.8 Å². The van der Waals surface area contributed by atoms with Crippen LogP contribution in [0.4, 0.5) is 0 Å². The van der Waals surface area contributed by atoms with Crippen molar-refractivity contribution in [3.05, 3.63) is 0 Å². The number of alkyl halides is 1. The first-order valence-corrected chi connectivity index (χ1v) is 4.35. The largest absolute Gasteiger partial charge is 0.379 e. The molecule has 0 aromatic heterocycles. The summed E-state index contributed by atoms with van der Waals surface area (Å²) in [5.74, 6) is -1.75. The summed E-state index contributed by atoms with van der Waals surface area (Å²) in [5.41, 5.74) is 0. The molecule has 0 aliphatic heterocycles. The van der Waals surface area contributed by atoms with Gasteiger partial charge in [-0.3, -0.25) is 4.57 Å². The van der Waals surface area contributed by atoms with Gasteiger partial charge >= 0.3 is 7.60 Å². The molecule has 0 heterocycles. The Morgan fingerprint density at radius 2 is 1.89 bits per heavy atom. The van der Waals surface area contributed by atoms with E-state index in [1.807, 2.05) is 0 Å². The maximum absolute atomic E-state index is 10.1. The highest BCUT2D eigenvalue weighted by atomic mass is 35.5. The average molecular weight is 175 g/mol. The fourth-order valence-corrected chi connectivity index (χ4v) is 1.24. The molecule has 0 aliphatic rings. The first-order chi connectivity index (χ1) is 3.85. The standard InChI is InChI=1S/C3H8ClO4P/c1-2(4)3(5)9(6,7)8/h2-3,5H,1H3,(H2,6,7,8)/t2-,3-/m0/s1. The van der Waals surface area contributed by atoms with E-state index in [4.69, 9.17) is 26.5 Å². The fourth-order valence-electron chi connectivity index (χ4n) is 0.268. The van der Waals surface area contributed by atoms with Gasteiger partial charge in [0.1, 0.15) is 0 Å². The van der Waals surface area contributed by atoms with Gasteiger partial charge in [-0.05, 0) is 6.92 Å². The van der Waals surface area contributed by atoms with Crippen molar-refractivity contribution in [2.24, 2.45) is 0 Å². The average Bonchev–Trinajstić information content (AvgIpc) is 1.62. The first kappa shape index (κ1) is 9.40. The molecule has 2 atom stereocenters. The molecule has 0 amide bonds. The maximum Gasteiger partial charge on any atom is 0.355 e. The van der Waals surface area contributed by atoms with Crippen molar-refractivity contribution in [1.29, 1.82) is 0 Å². The minimum atomic E-state index is -4.39. The van der Waals surface area contributed by atoms with Gasteiger partial charge in [0.15, 0.2) is 5.85 Å². The molecule has 0 aliphatic carbocycles. The van der Waals surface area contributed by atoms with Crippen LogP contribution in [-0.2, 0) is 4.57 Å². The lowest BCUT2D eigenvalue weighted by atomic mass is 10.5. The van der Waals surface area contributed by atoms with E-state index in [0.717, 1.165) is 0 Å². The predicted molar refractivity (Wildman–Crippen MR) is 33.4 cm³/mol. The van der Waals surface area contributed by atoms with E-state index >= 15 is 0 Å². The minimum Gasteiger partial charge on any atom is -0.379 e. The summed E-state index contributed by atoms with van der Waals surface area (Å²) in [6, 6.07) is 0. The van der Waals surface area contributed by atoms with Gasteiger partial charge in [0.25, 0.3) is 0 Å². The predicted octanol–water partition coefficient (Wildman–Crippen LogP) is 0.110. The molecular formula is C3H8ClO4P. The number of halogens is 1. The molecule has 0 spiro atoms. The summed E-state index contributed by atoms with van der Waals surface area (Å²) in [6.45, 7) is 1.31. The van der Waals surface area contributed by atoms with Gasteiger partial charge in [-0.2, -0.15) is 0 Å². The zero-order chi connectivity index (χ0) is 7.65. The number of hydrogen-bond donors (Lipinski definition) is 3. The molecule has 0 aromatic rings. The van der Waals surface area contributed by atoms with Crippen LogP contribution in [-0.4, -0.2) is 26.1 Å². The molecule has 0 bridgehead atoms. The molecular weight excluding hydrogens is 166 g/mol. The highest BCUT2D eigenvalue weighted by Gasteiger charge is 2.30. The molecule has 3 N–H and O–H groups in total. The molecule has 4 nitrogen and oxygen atoms in total. The van der Waals surface area contributed by atoms with Crippen LogP contribution in [0.1, 0.15) is 6.92 Å². The summed E-state index contributed by atoms with van der Waals surface area (Å²) < 4.78 is 10.1. The van der Waals surface area contributed by atoms with E-state index in [2.05, 4.69) is 0 Å². The molecule has 6 heteroatoms. The summed E-state index contributed by atoms with van der Waals surface area (Å²) in [7, 11) is -4.39. The van der Waals surface area contributed by atoms with Gasteiger partial charge in [-0.15, -0.1) is 11.6 Å². The topological polar surface area (TPSA) is 77.8 Å². The number of hydrogen-bond acceptors (Lipinski definition) is 2. The van der Waals surface area contributed by atoms with Crippen molar-refractivity contribution in [2.45, 2.75) is 18.1 Å². The zero-order valence-corrected chi connectivity index (χ0v) is 6.38. The van der Waals surface area contributed by atoms with Crippen molar-refractivity contribution in [3.63, 3.8) is 0 Å². The summed E-state index contributed by atoms with van der Waals surface area (Å²) in [4.78, 5) is 16.5. The summed E-state index contributed by atoms with van der Waals surface area (Å²) in [6.07, 6.45) is 0. The van der Waals surface area contributed by atoms with Crippen LogP contribution in [0.2, 0.25) is 0 Å². The second-order valence-electron chi connectivity index (χ2n) is 1.68. The number of aliphatic hydroxyl groups excluding tert-OH is 1. The van der Waals surface area contributed by atoms with Gasteiger partial charge in [-0.1, -0.05) is 0 Å². The van der Waals surface area contributed by atoms with Crippen LogP contribution >= 0.6 is 19.2 Å². The van der Waals surface area contributed by atoms with Crippen LogP contribution in [0.5, 0.6) is 0 Å². The molecule has 0 rings (SSSR count). The third kappa shape index (κ3) is 3.18. The van der Waals surface area contributed by atoms with E-state index in [-0.39, 0.29) is 0 Å². The monoisotopic (exact) mass is 174 g/mol. The van der Waals surface area contributed by atoms with E-state index in [9.17, 15) is 4.57 Å². The van der Waals surface area contributed by atoms with Crippen molar-refractivity contribution in [1.82, 2.24) is 0 Å². The molecule has 0 unspecified atom stereocenters. The Bertz CT molecular complexity index is 130. The van der Waals surface area contributed by atoms with Gasteiger partial charge in [0.05, 0.1) is 5.38 Å². The van der Waals surface area contributed by atoms with Crippen LogP contribution in [0, 0.1) is 0 Å². The summed E-state index contributed by atoms with van der Waals surface area (Å²) in [5, 5.41) is 7.64. The SMILES string of the molecule is C[C@H](Cl)[C@@H](O)P(=O)(O)O. The van der Waals surface area contributed by atoms with Crippen LogP contribution in [0.3, 0.4) is 0 Å². The Kier molecular flexibility index (Phi) is 3.12. The Morgan fingerprint density at radius 1 is 1.56 bits per heavy atom. The first-order valence-electron chi connectivity index (χ1n) is 2.23. The zero-order valence-electron chi connectivity index (χ0n) is 4.73. The van der Waals surface area contributed by atoms with Crippen molar-refractivity contribution in [3.8, 4) is 0 Å². The van der Waals surface area contributed by atoms with Crippen LogP contribution in [0.25, 0.3) is 0 Å². The lowest BCUT2D eigenvalue weighted by Gasteiger charge is -2.13. The third-order valence-corrected chi connectivity index (χ3v) is 2.31. The highest BCUT2D eigenvalue weighted by molar-refractivity contribution is 7.52. The second kappa shape index (κ2) is 2.99. The van der Waals surface area contributed by atoms with E-state index in [1.54, 1.807) is 0 Å². The minimum absolute atomic E-state index is 0.925. The van der Waals surface area contributed by atoms with Gasteiger partial charge in [0.2, 0.25) is 0 Å². The molecule has 0 saturated heterocycles. The molecule has 0 aromatic carbocycles. The van der Waals surface area contributed by atoms with Gasteiger partial charge in [-0.25, -0.2) is 0 Å². The quantitative estimate of drug-likeness (QED) is 0.410. The maximum atomic E-state index is 10.1. The van der Waals surface area contributed by atoms with Crippen molar-refractivity contribution < 1.29 is 19.5 Å². The van der Waals surface area contributed by atoms with Crippen LogP contribution in [0.15, 0.2) is 0 Å². The van der Waals surface area contributed by atoms with Crippen molar-refractivity contribution >= 4 is 19.2 Å². The van der Waals surface area contributed by atoms with Crippen molar-refractivity contribution in [2.75, 3.05) is 0 Å². The lowest BCUT2D eigenvalue weighted by Crippen LogP contribution is -2.17. The van der Waals surface area contributed by atoms with Gasteiger partial charge < -0.3 is 14.9 Å². The Morgan fingerprint density at radius 3 is 1.89 bits per heavy atom. The number of rotatable bonds is 2. The fraction of sp³-hybridized carbons (Fsp3) is 1.00. The van der Waals surface area contributed by atoms with E-state index in [0.29, 0.717) is 0 Å². The van der Waals surface area contributed by atoms with Gasteiger partial charge in [0, 0.05) is 0 Å². The molecule has 0 saturated carbocycles. The molecule has 56 valence electrons. The summed E-state index contributed by atoms with van der Waals surface area (Å²) >= 11 is 5.17. The Hall–Kier alpha value is 0.400. The second-order valence-corrected chi connectivity index (χ2v) is 4.08. The Balaban J connectivity index is 4.05. The number of aliphatic hydroxyl groups is 1. The van der Waals surface area contributed by atoms with Crippen LogP contribution < -0.4 is 0 Å². The smallest absolute Gasteiger partial charge is 0.355 e. The highest BCUT2D eigenvalue weighted by Crippen LogP contribution is 2.42. The van der Waals surface area contributed by atoms with E-state index in [1.165, 1.54) is 6.92 Å². The Labute approximate surface area is 57.6 Å².